The SMILES string of the molecule is Cc1cc(CCS(=O)(=O)Cl)cc2cc[nH]c12. The van der Waals surface area contributed by atoms with Crippen molar-refractivity contribution >= 4 is 30.6 Å². The quantitative estimate of drug-likeness (QED) is 0.860. The van der Waals surface area contributed by atoms with Crippen LogP contribution in [0.5, 0.6) is 0 Å². The lowest BCUT2D eigenvalue weighted by molar-refractivity contribution is 0.609. The third-order valence-corrected chi connectivity index (χ3v) is 3.71. The Morgan fingerprint density at radius 2 is 2.12 bits per heavy atom. The van der Waals surface area contributed by atoms with E-state index in [2.05, 4.69) is 4.98 Å². The highest BCUT2D eigenvalue weighted by Gasteiger charge is 2.07. The van der Waals surface area contributed by atoms with E-state index in [1.54, 1.807) is 0 Å². The minimum atomic E-state index is -3.41. The molecule has 2 aromatic rings. The van der Waals surface area contributed by atoms with E-state index in [1.165, 1.54) is 0 Å². The Balaban J connectivity index is 2.32. The normalized spacial score (nSPS) is 12.1. The number of nitrogens with one attached hydrogen (secondary N) is 1. The van der Waals surface area contributed by atoms with Gasteiger partial charge in [0, 0.05) is 22.4 Å². The molecule has 0 bridgehead atoms. The van der Waals surface area contributed by atoms with E-state index in [-0.39, 0.29) is 5.75 Å². The Morgan fingerprint density at radius 3 is 2.81 bits per heavy atom. The molecule has 86 valence electrons. The molecular weight excluding hydrogens is 246 g/mol. The van der Waals surface area contributed by atoms with E-state index >= 15 is 0 Å². The summed E-state index contributed by atoms with van der Waals surface area (Å²) < 4.78 is 21.7. The molecule has 0 spiro atoms. The summed E-state index contributed by atoms with van der Waals surface area (Å²) in [7, 11) is 1.78. The van der Waals surface area contributed by atoms with Crippen LogP contribution >= 0.6 is 10.7 Å². The van der Waals surface area contributed by atoms with Crippen molar-refractivity contribution in [2.45, 2.75) is 13.3 Å². The first-order valence-electron chi connectivity index (χ1n) is 4.95. The van der Waals surface area contributed by atoms with Crippen LogP contribution in [-0.4, -0.2) is 19.2 Å². The van der Waals surface area contributed by atoms with Crippen LogP contribution in [-0.2, 0) is 15.5 Å². The van der Waals surface area contributed by atoms with E-state index < -0.39 is 9.05 Å². The lowest BCUT2D eigenvalue weighted by Crippen LogP contribution is -2.01. The van der Waals surface area contributed by atoms with E-state index in [9.17, 15) is 8.42 Å². The molecule has 3 nitrogen and oxygen atoms in total. The lowest BCUT2D eigenvalue weighted by atomic mass is 10.1. The molecule has 0 radical (unpaired) electrons. The summed E-state index contributed by atoms with van der Waals surface area (Å²) in [5.74, 6) is -0.0239. The van der Waals surface area contributed by atoms with Crippen LogP contribution in [0.1, 0.15) is 11.1 Å². The summed E-state index contributed by atoms with van der Waals surface area (Å²) in [5.41, 5.74) is 3.20. The smallest absolute Gasteiger partial charge is 0.232 e. The number of benzene rings is 1. The molecule has 0 aliphatic rings. The van der Waals surface area contributed by atoms with Gasteiger partial charge in [-0.25, -0.2) is 8.42 Å². The average Bonchev–Trinajstić information content (AvgIpc) is 2.62. The molecule has 0 amide bonds. The van der Waals surface area contributed by atoms with E-state index in [1.807, 2.05) is 31.3 Å². The van der Waals surface area contributed by atoms with Crippen LogP contribution in [0.3, 0.4) is 0 Å². The third-order valence-electron chi connectivity index (χ3n) is 2.55. The fourth-order valence-corrected chi connectivity index (χ4v) is 2.53. The zero-order chi connectivity index (χ0) is 11.8. The van der Waals surface area contributed by atoms with Crippen molar-refractivity contribution in [1.29, 1.82) is 0 Å². The topological polar surface area (TPSA) is 49.9 Å². The van der Waals surface area contributed by atoms with Gasteiger partial charge in [0.15, 0.2) is 0 Å². The van der Waals surface area contributed by atoms with E-state index in [0.29, 0.717) is 6.42 Å². The third kappa shape index (κ3) is 2.57. The largest absolute Gasteiger partial charge is 0.361 e. The zero-order valence-corrected chi connectivity index (χ0v) is 10.4. The highest BCUT2D eigenvalue weighted by Crippen LogP contribution is 2.20. The predicted molar refractivity (Wildman–Crippen MR) is 66.4 cm³/mol. The molecule has 0 fully saturated rings. The van der Waals surface area contributed by atoms with Gasteiger partial charge < -0.3 is 4.98 Å². The van der Waals surface area contributed by atoms with Crippen LogP contribution in [0.25, 0.3) is 10.9 Å². The van der Waals surface area contributed by atoms with Crippen LogP contribution in [0.2, 0.25) is 0 Å². The number of hydrogen-bond donors (Lipinski definition) is 1. The van der Waals surface area contributed by atoms with Crippen molar-refractivity contribution in [3.63, 3.8) is 0 Å². The molecule has 16 heavy (non-hydrogen) atoms. The van der Waals surface area contributed by atoms with Gasteiger partial charge in [-0.2, -0.15) is 0 Å². The summed E-state index contributed by atoms with van der Waals surface area (Å²) in [6.45, 7) is 2.00. The van der Waals surface area contributed by atoms with Crippen LogP contribution in [0.15, 0.2) is 24.4 Å². The molecule has 1 aromatic carbocycles. The first-order valence-corrected chi connectivity index (χ1v) is 7.42. The Labute approximate surface area is 98.8 Å². The standard InChI is InChI=1S/C11H12ClNO2S/c1-8-6-9(3-5-16(12,14)15)7-10-2-4-13-11(8)10/h2,4,6-7,13H,3,5H2,1H3. The summed E-state index contributed by atoms with van der Waals surface area (Å²) in [5, 5.41) is 1.10. The van der Waals surface area contributed by atoms with Gasteiger partial charge in [-0.1, -0.05) is 6.07 Å². The van der Waals surface area contributed by atoms with Crippen LogP contribution < -0.4 is 0 Å². The maximum absolute atomic E-state index is 10.9. The second kappa shape index (κ2) is 4.11. The Bertz CT molecular complexity index is 616. The highest BCUT2D eigenvalue weighted by atomic mass is 35.7. The molecular formula is C11H12ClNO2S. The lowest BCUT2D eigenvalue weighted by Gasteiger charge is -2.03. The number of hydrogen-bond acceptors (Lipinski definition) is 2. The van der Waals surface area contributed by atoms with Gasteiger partial charge in [0.1, 0.15) is 0 Å². The molecule has 1 N–H and O–H groups in total. The number of halogens is 1. The summed E-state index contributed by atoms with van der Waals surface area (Å²) in [6, 6.07) is 5.95. The second-order valence-electron chi connectivity index (χ2n) is 3.85. The van der Waals surface area contributed by atoms with Gasteiger partial charge in [-0.15, -0.1) is 0 Å². The average molecular weight is 258 g/mol. The monoisotopic (exact) mass is 257 g/mol. The maximum Gasteiger partial charge on any atom is 0.232 e. The predicted octanol–water partition coefficient (Wildman–Crippen LogP) is 2.59. The van der Waals surface area contributed by atoms with Crippen molar-refractivity contribution in [2.75, 3.05) is 5.75 Å². The molecule has 0 aliphatic carbocycles. The number of aryl methyl sites for hydroxylation is 2. The highest BCUT2D eigenvalue weighted by molar-refractivity contribution is 8.13. The summed E-state index contributed by atoms with van der Waals surface area (Å²) in [6.07, 6.45) is 2.33. The number of rotatable bonds is 3. The van der Waals surface area contributed by atoms with E-state index in [4.69, 9.17) is 10.7 Å². The van der Waals surface area contributed by atoms with Crippen molar-refractivity contribution in [3.8, 4) is 0 Å². The number of H-pyrrole nitrogens is 1. The first kappa shape index (κ1) is 11.5. The fourth-order valence-electron chi connectivity index (χ4n) is 1.82. The summed E-state index contributed by atoms with van der Waals surface area (Å²) >= 11 is 0. The minimum absolute atomic E-state index is 0.0239. The molecule has 5 heteroatoms. The van der Waals surface area contributed by atoms with Gasteiger partial charge in [0.25, 0.3) is 0 Å². The van der Waals surface area contributed by atoms with Crippen molar-refractivity contribution in [2.24, 2.45) is 0 Å². The molecule has 0 saturated heterocycles. The maximum atomic E-state index is 10.9. The van der Waals surface area contributed by atoms with Crippen LogP contribution in [0, 0.1) is 6.92 Å². The van der Waals surface area contributed by atoms with Crippen molar-refractivity contribution in [1.82, 2.24) is 4.98 Å². The Kier molecular flexibility index (Phi) is 2.95. The molecule has 1 heterocycles. The summed E-state index contributed by atoms with van der Waals surface area (Å²) in [4.78, 5) is 3.14. The fraction of sp³-hybridized carbons (Fsp3) is 0.273. The zero-order valence-electron chi connectivity index (χ0n) is 8.83. The molecule has 0 saturated carbocycles. The van der Waals surface area contributed by atoms with Gasteiger partial charge in [0.2, 0.25) is 9.05 Å². The molecule has 2 rings (SSSR count). The van der Waals surface area contributed by atoms with Crippen molar-refractivity contribution in [3.05, 3.63) is 35.5 Å². The van der Waals surface area contributed by atoms with Gasteiger partial charge >= 0.3 is 0 Å². The molecule has 0 unspecified atom stereocenters. The number of aromatic amines is 1. The van der Waals surface area contributed by atoms with Gasteiger partial charge in [-0.05, 0) is 42.0 Å². The van der Waals surface area contributed by atoms with Gasteiger partial charge in [-0.3, -0.25) is 0 Å². The second-order valence-corrected chi connectivity index (χ2v) is 6.74. The minimum Gasteiger partial charge on any atom is -0.361 e. The number of fused-ring (bicyclic) bond motifs is 1. The van der Waals surface area contributed by atoms with E-state index in [0.717, 1.165) is 22.0 Å². The van der Waals surface area contributed by atoms with Crippen LogP contribution in [0.4, 0.5) is 0 Å². The molecule has 1 aromatic heterocycles. The Hall–Kier alpha value is -1.00. The molecule has 0 aliphatic heterocycles. The Morgan fingerprint density at radius 1 is 1.38 bits per heavy atom. The molecule has 0 atom stereocenters. The van der Waals surface area contributed by atoms with Gasteiger partial charge in [0.05, 0.1) is 5.75 Å². The van der Waals surface area contributed by atoms with Crippen molar-refractivity contribution < 1.29 is 8.42 Å². The number of aromatic nitrogens is 1. The first-order chi connectivity index (χ1) is 7.46.